The van der Waals surface area contributed by atoms with Gasteiger partial charge in [0.25, 0.3) is 0 Å². The van der Waals surface area contributed by atoms with Gasteiger partial charge < -0.3 is 4.74 Å². The van der Waals surface area contributed by atoms with Gasteiger partial charge in [0, 0.05) is 38.4 Å². The van der Waals surface area contributed by atoms with E-state index in [0.717, 1.165) is 19.6 Å². The average Bonchev–Trinajstić information content (AvgIpc) is 2.73. The highest BCUT2D eigenvalue weighted by molar-refractivity contribution is 5.88. The van der Waals surface area contributed by atoms with Gasteiger partial charge in [0.1, 0.15) is 5.82 Å². The van der Waals surface area contributed by atoms with Crippen molar-refractivity contribution in [2.75, 3.05) is 13.7 Å². The summed E-state index contributed by atoms with van der Waals surface area (Å²) in [6.07, 6.45) is 3.75. The minimum atomic E-state index is -0.420. The molecule has 0 aliphatic rings. The molecule has 0 N–H and O–H groups in total. The van der Waals surface area contributed by atoms with Crippen molar-refractivity contribution in [1.82, 2.24) is 14.9 Å². The molecule has 0 amide bonds. The summed E-state index contributed by atoms with van der Waals surface area (Å²) >= 11 is 0. The largest absolute Gasteiger partial charge is 0.465 e. The van der Waals surface area contributed by atoms with E-state index in [9.17, 15) is 4.79 Å². The summed E-state index contributed by atoms with van der Waals surface area (Å²) in [5.74, 6) is 0.296. The molecule has 0 aliphatic carbocycles. The number of benzene rings is 2. The maximum Gasteiger partial charge on any atom is 0.341 e. The maximum atomic E-state index is 11.5. The van der Waals surface area contributed by atoms with E-state index in [4.69, 9.17) is 0 Å². The van der Waals surface area contributed by atoms with Crippen molar-refractivity contribution in [2.24, 2.45) is 0 Å². The highest BCUT2D eigenvalue weighted by Crippen LogP contribution is 2.11. The minimum Gasteiger partial charge on any atom is -0.465 e. The van der Waals surface area contributed by atoms with Gasteiger partial charge in [-0.1, -0.05) is 60.7 Å². The Hall–Kier alpha value is -3.05. The van der Waals surface area contributed by atoms with Crippen LogP contribution in [0.5, 0.6) is 0 Å². The molecule has 0 aliphatic heterocycles. The van der Waals surface area contributed by atoms with Gasteiger partial charge in [0.2, 0.25) is 0 Å². The predicted molar refractivity (Wildman–Crippen MR) is 104 cm³/mol. The third kappa shape index (κ3) is 5.72. The number of aromatic nitrogens is 2. The Kier molecular flexibility index (Phi) is 6.66. The number of methoxy groups -OCH3 is 1. The van der Waals surface area contributed by atoms with Crippen LogP contribution in [0.25, 0.3) is 0 Å². The van der Waals surface area contributed by atoms with Crippen LogP contribution in [-0.4, -0.2) is 34.5 Å². The maximum absolute atomic E-state index is 11.5. The van der Waals surface area contributed by atoms with Gasteiger partial charge >= 0.3 is 5.97 Å². The van der Waals surface area contributed by atoms with Crippen LogP contribution >= 0.6 is 0 Å². The van der Waals surface area contributed by atoms with E-state index < -0.39 is 5.97 Å². The molecule has 2 aromatic carbocycles. The van der Waals surface area contributed by atoms with Crippen molar-refractivity contribution in [1.29, 1.82) is 0 Å². The van der Waals surface area contributed by atoms with Crippen LogP contribution in [0.3, 0.4) is 0 Å². The molecule has 1 aromatic heterocycles. The van der Waals surface area contributed by atoms with Crippen LogP contribution in [-0.2, 0) is 24.2 Å². The lowest BCUT2D eigenvalue weighted by molar-refractivity contribution is 0.0599. The van der Waals surface area contributed by atoms with E-state index in [1.807, 2.05) is 12.1 Å². The molecule has 0 radical (unpaired) electrons. The first-order chi connectivity index (χ1) is 13.2. The van der Waals surface area contributed by atoms with Gasteiger partial charge in [0.15, 0.2) is 0 Å². The van der Waals surface area contributed by atoms with E-state index in [1.165, 1.54) is 30.6 Å². The molecule has 3 rings (SSSR count). The van der Waals surface area contributed by atoms with E-state index >= 15 is 0 Å². The minimum absolute atomic E-state index is 0.367. The monoisotopic (exact) mass is 361 g/mol. The van der Waals surface area contributed by atoms with Crippen LogP contribution < -0.4 is 0 Å². The normalized spacial score (nSPS) is 10.7. The van der Waals surface area contributed by atoms with E-state index in [1.54, 1.807) is 0 Å². The van der Waals surface area contributed by atoms with E-state index in [2.05, 4.69) is 68.1 Å². The molecular weight excluding hydrogens is 338 g/mol. The molecule has 0 saturated carbocycles. The molecule has 138 valence electrons. The Morgan fingerprint density at radius 1 is 0.889 bits per heavy atom. The quantitative estimate of drug-likeness (QED) is 0.575. The first-order valence-electron chi connectivity index (χ1n) is 8.94. The second-order valence-corrected chi connectivity index (χ2v) is 6.31. The van der Waals surface area contributed by atoms with Crippen molar-refractivity contribution in [3.8, 4) is 0 Å². The molecule has 5 nitrogen and oxygen atoms in total. The summed E-state index contributed by atoms with van der Waals surface area (Å²) in [6.45, 7) is 2.54. The van der Waals surface area contributed by atoms with Gasteiger partial charge in [-0.25, -0.2) is 14.8 Å². The Labute approximate surface area is 159 Å². The zero-order valence-corrected chi connectivity index (χ0v) is 15.4. The topological polar surface area (TPSA) is 55.3 Å². The Morgan fingerprint density at radius 3 is 1.89 bits per heavy atom. The molecule has 5 heteroatoms. The van der Waals surface area contributed by atoms with Crippen molar-refractivity contribution in [3.05, 3.63) is 95.6 Å². The van der Waals surface area contributed by atoms with Crippen molar-refractivity contribution in [2.45, 2.75) is 19.5 Å². The summed E-state index contributed by atoms with van der Waals surface area (Å²) < 4.78 is 4.68. The Balaban J connectivity index is 1.66. The van der Waals surface area contributed by atoms with Gasteiger partial charge in [-0.15, -0.1) is 0 Å². The van der Waals surface area contributed by atoms with Crippen molar-refractivity contribution in [3.63, 3.8) is 0 Å². The summed E-state index contributed by atoms with van der Waals surface area (Å²) in [5.41, 5.74) is 2.91. The number of hydrogen-bond donors (Lipinski definition) is 0. The van der Waals surface area contributed by atoms with Gasteiger partial charge in [-0.05, 0) is 11.1 Å². The number of carbonyl (C=O) groups excluding carboxylic acids is 1. The molecule has 0 fully saturated rings. The molecule has 1 heterocycles. The standard InChI is InChI=1S/C22H23N3O2/c1-27-22(26)20-14-23-21(24-15-20)12-13-25(16-18-8-4-2-5-9-18)17-19-10-6-3-7-11-19/h2-11,14-15H,12-13,16-17H2,1H3. The van der Waals surface area contributed by atoms with Crippen LogP contribution in [0.4, 0.5) is 0 Å². The van der Waals surface area contributed by atoms with Crippen molar-refractivity contribution >= 4 is 5.97 Å². The Bertz CT molecular complexity index is 795. The second-order valence-electron chi connectivity index (χ2n) is 6.31. The molecule has 3 aromatic rings. The molecule has 0 bridgehead atoms. The first-order valence-corrected chi connectivity index (χ1v) is 8.94. The SMILES string of the molecule is COC(=O)c1cnc(CCN(Cc2ccccc2)Cc2ccccc2)nc1. The summed E-state index contributed by atoms with van der Waals surface area (Å²) in [4.78, 5) is 22.5. The summed E-state index contributed by atoms with van der Waals surface area (Å²) in [7, 11) is 1.35. The number of nitrogens with zero attached hydrogens (tertiary/aromatic N) is 3. The first kappa shape index (κ1) is 18.7. The molecule has 0 atom stereocenters. The highest BCUT2D eigenvalue weighted by atomic mass is 16.5. The van der Waals surface area contributed by atoms with Crippen LogP contribution in [0.15, 0.2) is 73.1 Å². The van der Waals surface area contributed by atoms with E-state index in [-0.39, 0.29) is 0 Å². The Morgan fingerprint density at radius 2 is 1.41 bits per heavy atom. The molecule has 0 saturated heterocycles. The van der Waals surface area contributed by atoms with Crippen LogP contribution in [0, 0.1) is 0 Å². The lowest BCUT2D eigenvalue weighted by Crippen LogP contribution is -2.26. The van der Waals surface area contributed by atoms with Gasteiger partial charge in [-0.2, -0.15) is 0 Å². The second kappa shape index (κ2) is 9.59. The average molecular weight is 361 g/mol. The van der Waals surface area contributed by atoms with Gasteiger partial charge in [0.05, 0.1) is 12.7 Å². The lowest BCUT2D eigenvalue weighted by atomic mass is 10.1. The number of rotatable bonds is 8. The fourth-order valence-electron chi connectivity index (χ4n) is 2.86. The summed E-state index contributed by atoms with van der Waals surface area (Å²) in [5, 5.41) is 0. The third-order valence-electron chi connectivity index (χ3n) is 4.28. The fourth-order valence-corrected chi connectivity index (χ4v) is 2.86. The zero-order valence-electron chi connectivity index (χ0n) is 15.4. The fraction of sp³-hybridized carbons (Fsp3) is 0.227. The molecule has 0 spiro atoms. The van der Waals surface area contributed by atoms with Crippen LogP contribution in [0.2, 0.25) is 0 Å². The van der Waals surface area contributed by atoms with Crippen LogP contribution in [0.1, 0.15) is 27.3 Å². The number of hydrogen-bond acceptors (Lipinski definition) is 5. The molecule has 27 heavy (non-hydrogen) atoms. The predicted octanol–water partition coefficient (Wildman–Crippen LogP) is 3.51. The molecule has 0 unspecified atom stereocenters. The zero-order chi connectivity index (χ0) is 18.9. The van der Waals surface area contributed by atoms with E-state index in [0.29, 0.717) is 17.8 Å². The number of carbonyl (C=O) groups is 1. The lowest BCUT2D eigenvalue weighted by Gasteiger charge is -2.22. The third-order valence-corrected chi connectivity index (χ3v) is 4.28. The number of esters is 1. The highest BCUT2D eigenvalue weighted by Gasteiger charge is 2.10. The van der Waals surface area contributed by atoms with Crippen molar-refractivity contribution < 1.29 is 9.53 Å². The number of ether oxygens (including phenoxy) is 1. The summed E-state index contributed by atoms with van der Waals surface area (Å²) in [6, 6.07) is 20.9. The van der Waals surface area contributed by atoms with Gasteiger partial charge in [-0.3, -0.25) is 4.90 Å². The smallest absolute Gasteiger partial charge is 0.341 e. The molecular formula is C22H23N3O2.